The SMILES string of the molecule is CN=C(NCCNC(=O)C1CC1)NC1CCN(c2ccccc2)C1. The Hall–Kier alpha value is -2.24. The summed E-state index contributed by atoms with van der Waals surface area (Å²) in [6.45, 7) is 3.35. The summed E-state index contributed by atoms with van der Waals surface area (Å²) < 4.78 is 0. The average molecular weight is 329 g/mol. The quantitative estimate of drug-likeness (QED) is 0.413. The largest absolute Gasteiger partial charge is 0.369 e. The Labute approximate surface area is 143 Å². The maximum Gasteiger partial charge on any atom is 0.223 e. The molecule has 130 valence electrons. The van der Waals surface area contributed by atoms with E-state index in [1.807, 2.05) is 6.07 Å². The highest BCUT2D eigenvalue weighted by atomic mass is 16.2. The third-order valence-electron chi connectivity index (χ3n) is 4.54. The van der Waals surface area contributed by atoms with Crippen molar-refractivity contribution in [1.82, 2.24) is 16.0 Å². The van der Waals surface area contributed by atoms with Crippen LogP contribution in [0.2, 0.25) is 0 Å². The molecule has 1 aliphatic carbocycles. The van der Waals surface area contributed by atoms with E-state index in [1.54, 1.807) is 7.05 Å². The van der Waals surface area contributed by atoms with Gasteiger partial charge >= 0.3 is 0 Å². The molecule has 24 heavy (non-hydrogen) atoms. The Morgan fingerprint density at radius 1 is 1.17 bits per heavy atom. The first-order valence-electron chi connectivity index (χ1n) is 8.81. The summed E-state index contributed by atoms with van der Waals surface area (Å²) in [6.07, 6.45) is 3.18. The molecule has 6 heteroatoms. The number of rotatable bonds is 6. The molecular weight excluding hydrogens is 302 g/mol. The van der Waals surface area contributed by atoms with Crippen molar-refractivity contribution in [3.8, 4) is 0 Å². The molecule has 1 amide bonds. The number of anilines is 1. The van der Waals surface area contributed by atoms with E-state index >= 15 is 0 Å². The highest BCUT2D eigenvalue weighted by Crippen LogP contribution is 2.28. The van der Waals surface area contributed by atoms with Crippen LogP contribution >= 0.6 is 0 Å². The lowest BCUT2D eigenvalue weighted by Gasteiger charge is -2.20. The fraction of sp³-hybridized carbons (Fsp3) is 0.556. The van der Waals surface area contributed by atoms with E-state index in [0.717, 1.165) is 38.3 Å². The molecule has 1 aliphatic heterocycles. The summed E-state index contributed by atoms with van der Waals surface area (Å²) in [5.41, 5.74) is 1.27. The molecule has 1 saturated carbocycles. The summed E-state index contributed by atoms with van der Waals surface area (Å²) in [7, 11) is 1.78. The number of para-hydroxylation sites is 1. The number of nitrogens with zero attached hydrogens (tertiary/aromatic N) is 2. The van der Waals surface area contributed by atoms with Crippen molar-refractivity contribution in [1.29, 1.82) is 0 Å². The van der Waals surface area contributed by atoms with Gasteiger partial charge in [-0.2, -0.15) is 0 Å². The number of hydrogen-bond acceptors (Lipinski definition) is 3. The number of amides is 1. The smallest absolute Gasteiger partial charge is 0.223 e. The fourth-order valence-electron chi connectivity index (χ4n) is 3.00. The molecule has 0 radical (unpaired) electrons. The third kappa shape index (κ3) is 4.63. The standard InChI is InChI=1S/C18H27N5O/c1-19-18(21-11-10-20-17(24)14-7-8-14)22-15-9-12-23(13-15)16-5-3-2-4-6-16/h2-6,14-15H,7-13H2,1H3,(H,20,24)(H2,19,21,22). The number of hydrogen-bond donors (Lipinski definition) is 3. The first-order valence-corrected chi connectivity index (χ1v) is 8.81. The molecule has 1 unspecified atom stereocenters. The predicted molar refractivity (Wildman–Crippen MR) is 97.3 cm³/mol. The highest BCUT2D eigenvalue weighted by Gasteiger charge is 2.29. The molecule has 1 saturated heterocycles. The van der Waals surface area contributed by atoms with Crippen LogP contribution in [-0.2, 0) is 4.79 Å². The van der Waals surface area contributed by atoms with Crippen molar-refractivity contribution >= 4 is 17.6 Å². The number of carbonyl (C=O) groups excluding carboxylic acids is 1. The zero-order valence-corrected chi connectivity index (χ0v) is 14.3. The molecule has 6 nitrogen and oxygen atoms in total. The third-order valence-corrected chi connectivity index (χ3v) is 4.54. The molecule has 0 bridgehead atoms. The van der Waals surface area contributed by atoms with Crippen LogP contribution in [0, 0.1) is 5.92 Å². The van der Waals surface area contributed by atoms with Crippen LogP contribution < -0.4 is 20.9 Å². The number of carbonyl (C=O) groups is 1. The second-order valence-electron chi connectivity index (χ2n) is 6.48. The lowest BCUT2D eigenvalue weighted by atomic mass is 10.3. The number of nitrogens with one attached hydrogen (secondary N) is 3. The summed E-state index contributed by atoms with van der Waals surface area (Å²) in [6, 6.07) is 10.9. The van der Waals surface area contributed by atoms with E-state index in [9.17, 15) is 4.79 Å². The van der Waals surface area contributed by atoms with Crippen molar-refractivity contribution in [3.63, 3.8) is 0 Å². The Morgan fingerprint density at radius 3 is 2.62 bits per heavy atom. The molecule has 3 rings (SSSR count). The lowest BCUT2D eigenvalue weighted by Crippen LogP contribution is -2.46. The fourth-order valence-corrected chi connectivity index (χ4v) is 3.00. The van der Waals surface area contributed by atoms with E-state index in [2.05, 4.69) is 50.1 Å². The van der Waals surface area contributed by atoms with Crippen molar-refractivity contribution in [3.05, 3.63) is 30.3 Å². The van der Waals surface area contributed by atoms with E-state index < -0.39 is 0 Å². The van der Waals surface area contributed by atoms with Gasteiger partial charge in [0.2, 0.25) is 5.91 Å². The summed E-state index contributed by atoms with van der Waals surface area (Å²) in [4.78, 5) is 18.2. The average Bonchev–Trinajstić information content (AvgIpc) is 3.37. The molecule has 2 aliphatic rings. The van der Waals surface area contributed by atoms with Crippen LogP contribution in [0.25, 0.3) is 0 Å². The molecule has 1 aromatic carbocycles. The topological polar surface area (TPSA) is 68.8 Å². The van der Waals surface area contributed by atoms with Crippen LogP contribution in [0.15, 0.2) is 35.3 Å². The summed E-state index contributed by atoms with van der Waals surface area (Å²) >= 11 is 0. The van der Waals surface area contributed by atoms with Gasteiger partial charge in [-0.3, -0.25) is 9.79 Å². The monoisotopic (exact) mass is 329 g/mol. The molecule has 1 heterocycles. The molecule has 2 fully saturated rings. The molecular formula is C18H27N5O. The zero-order valence-electron chi connectivity index (χ0n) is 14.3. The first-order chi connectivity index (χ1) is 11.8. The number of guanidine groups is 1. The molecule has 1 aromatic rings. The second kappa shape index (κ2) is 8.04. The van der Waals surface area contributed by atoms with Gasteiger partial charge in [0.15, 0.2) is 5.96 Å². The van der Waals surface area contributed by atoms with Crippen molar-refractivity contribution < 1.29 is 4.79 Å². The Bertz CT molecular complexity index is 570. The Morgan fingerprint density at radius 2 is 1.92 bits per heavy atom. The van der Waals surface area contributed by atoms with Gasteiger partial charge in [-0.25, -0.2) is 0 Å². The normalized spacial score (nSPS) is 20.8. The molecule has 3 N–H and O–H groups in total. The van der Waals surface area contributed by atoms with E-state index in [0.29, 0.717) is 19.1 Å². The van der Waals surface area contributed by atoms with Gasteiger partial charge in [0, 0.05) is 50.9 Å². The number of benzene rings is 1. The van der Waals surface area contributed by atoms with Crippen LogP contribution in [0.3, 0.4) is 0 Å². The minimum atomic E-state index is 0.189. The zero-order chi connectivity index (χ0) is 16.8. The van der Waals surface area contributed by atoms with Crippen LogP contribution in [0.5, 0.6) is 0 Å². The van der Waals surface area contributed by atoms with Gasteiger partial charge in [0.1, 0.15) is 0 Å². The van der Waals surface area contributed by atoms with Crippen LogP contribution in [0.4, 0.5) is 5.69 Å². The maximum absolute atomic E-state index is 11.6. The number of aliphatic imine (C=N–C) groups is 1. The van der Waals surface area contributed by atoms with E-state index in [4.69, 9.17) is 0 Å². The molecule has 1 atom stereocenters. The van der Waals surface area contributed by atoms with Gasteiger partial charge in [-0.05, 0) is 31.4 Å². The minimum Gasteiger partial charge on any atom is -0.369 e. The van der Waals surface area contributed by atoms with Gasteiger partial charge in [0.25, 0.3) is 0 Å². The van der Waals surface area contributed by atoms with Crippen LogP contribution in [0.1, 0.15) is 19.3 Å². The summed E-state index contributed by atoms with van der Waals surface area (Å²) in [5, 5.41) is 9.70. The molecule has 0 spiro atoms. The first kappa shape index (κ1) is 16.6. The van der Waals surface area contributed by atoms with Gasteiger partial charge in [-0.15, -0.1) is 0 Å². The predicted octanol–water partition coefficient (Wildman–Crippen LogP) is 0.957. The highest BCUT2D eigenvalue weighted by molar-refractivity contribution is 5.81. The lowest BCUT2D eigenvalue weighted by molar-refractivity contribution is -0.122. The van der Waals surface area contributed by atoms with Crippen molar-refractivity contribution in [2.75, 3.05) is 38.1 Å². The Balaban J connectivity index is 1.37. The Kier molecular flexibility index (Phi) is 5.56. The van der Waals surface area contributed by atoms with E-state index in [1.165, 1.54) is 5.69 Å². The van der Waals surface area contributed by atoms with Crippen molar-refractivity contribution in [2.45, 2.75) is 25.3 Å². The molecule has 0 aromatic heterocycles. The maximum atomic E-state index is 11.6. The summed E-state index contributed by atoms with van der Waals surface area (Å²) in [5.74, 6) is 1.26. The van der Waals surface area contributed by atoms with Gasteiger partial charge in [0.05, 0.1) is 0 Å². The second-order valence-corrected chi connectivity index (χ2v) is 6.48. The van der Waals surface area contributed by atoms with Crippen LogP contribution in [-0.4, -0.2) is 51.1 Å². The van der Waals surface area contributed by atoms with E-state index in [-0.39, 0.29) is 11.8 Å². The van der Waals surface area contributed by atoms with Gasteiger partial charge in [-0.1, -0.05) is 18.2 Å². The minimum absolute atomic E-state index is 0.189. The van der Waals surface area contributed by atoms with Crippen molar-refractivity contribution in [2.24, 2.45) is 10.9 Å². The van der Waals surface area contributed by atoms with Gasteiger partial charge < -0.3 is 20.9 Å².